The first kappa shape index (κ1) is 27.3. The molecule has 0 aliphatic heterocycles. The van der Waals surface area contributed by atoms with Gasteiger partial charge in [0.15, 0.2) is 5.58 Å². The van der Waals surface area contributed by atoms with E-state index in [1.807, 2.05) is 21.9 Å². The van der Waals surface area contributed by atoms with Gasteiger partial charge in [0, 0.05) is 43.1 Å². The van der Waals surface area contributed by atoms with E-state index in [2.05, 4.69) is 41.9 Å². The summed E-state index contributed by atoms with van der Waals surface area (Å²) in [6, 6.07) is 12.6. The van der Waals surface area contributed by atoms with E-state index >= 15 is 0 Å². The first-order valence-electron chi connectivity index (χ1n) is 11.9. The molecule has 0 atom stereocenters. The van der Waals surface area contributed by atoms with Crippen molar-refractivity contribution < 1.29 is 14.0 Å². The zero-order valence-corrected chi connectivity index (χ0v) is 21.0. The molecule has 2 N–H and O–H groups in total. The Bertz CT molecular complexity index is 1240. The van der Waals surface area contributed by atoms with Crippen LogP contribution in [-0.4, -0.2) is 65.9 Å². The fraction of sp³-hybridized carbons (Fsp3) is 0.207. The average molecular weight is 500 g/mol. The van der Waals surface area contributed by atoms with E-state index in [-0.39, 0.29) is 24.9 Å². The third-order valence-electron chi connectivity index (χ3n) is 5.37. The summed E-state index contributed by atoms with van der Waals surface area (Å²) < 4.78 is 5.90. The van der Waals surface area contributed by atoms with Crippen LogP contribution in [0.25, 0.3) is 22.6 Å². The lowest BCUT2D eigenvalue weighted by molar-refractivity contribution is -0.117. The van der Waals surface area contributed by atoms with Crippen LogP contribution in [0.5, 0.6) is 0 Å². The molecule has 3 rings (SSSR count). The van der Waals surface area contributed by atoms with Crippen molar-refractivity contribution in [1.29, 1.82) is 0 Å². The number of hydrogen-bond acceptors (Lipinski definition) is 6. The quantitative estimate of drug-likeness (QED) is 0.294. The molecule has 3 aromatic rings. The van der Waals surface area contributed by atoms with Gasteiger partial charge in [0.1, 0.15) is 5.52 Å². The SMILES string of the molecule is C=CCN(CC=C)CC(=O)Nc1ccc(-c2nc3cc(NC(=O)CN(CC=C)CC=C)ccc3o2)cc1. The Morgan fingerprint density at radius 3 is 1.76 bits per heavy atom. The smallest absolute Gasteiger partial charge is 0.238 e. The average Bonchev–Trinajstić information content (AvgIpc) is 3.28. The van der Waals surface area contributed by atoms with Crippen LogP contribution in [0.1, 0.15) is 0 Å². The van der Waals surface area contributed by atoms with Crippen LogP contribution in [0.4, 0.5) is 11.4 Å². The molecule has 0 saturated heterocycles. The number of benzene rings is 2. The van der Waals surface area contributed by atoms with Crippen molar-refractivity contribution in [3.8, 4) is 11.5 Å². The molecule has 0 radical (unpaired) electrons. The highest BCUT2D eigenvalue weighted by atomic mass is 16.3. The number of fused-ring (bicyclic) bond motifs is 1. The number of amides is 2. The van der Waals surface area contributed by atoms with E-state index < -0.39 is 0 Å². The molecule has 0 bridgehead atoms. The molecule has 0 unspecified atom stereocenters. The van der Waals surface area contributed by atoms with E-state index in [9.17, 15) is 9.59 Å². The van der Waals surface area contributed by atoms with Crippen LogP contribution < -0.4 is 10.6 Å². The highest BCUT2D eigenvalue weighted by molar-refractivity contribution is 5.94. The summed E-state index contributed by atoms with van der Waals surface area (Å²) in [5, 5.41) is 5.79. The van der Waals surface area contributed by atoms with E-state index in [0.717, 1.165) is 5.56 Å². The third kappa shape index (κ3) is 8.13. The largest absolute Gasteiger partial charge is 0.436 e. The van der Waals surface area contributed by atoms with Crippen molar-refractivity contribution in [3.05, 3.63) is 93.1 Å². The summed E-state index contributed by atoms with van der Waals surface area (Å²) in [7, 11) is 0. The second kappa shape index (κ2) is 13.7. The van der Waals surface area contributed by atoms with Crippen LogP contribution in [0.2, 0.25) is 0 Å². The van der Waals surface area contributed by atoms with E-state index in [0.29, 0.717) is 54.5 Å². The standard InChI is InChI=1S/C29H33N5O3/c1-5-15-33(16-6-2)20-27(35)30-23-11-9-22(10-12-23)29-32-25-19-24(13-14-26(25)37-29)31-28(36)21-34(17-7-3)18-8-4/h5-14,19H,1-4,15-18,20-21H2,(H,30,35)(H,31,36). The zero-order chi connectivity index (χ0) is 26.6. The summed E-state index contributed by atoms with van der Waals surface area (Å²) >= 11 is 0. The van der Waals surface area contributed by atoms with Crippen LogP contribution in [-0.2, 0) is 9.59 Å². The Labute approximate surface area is 217 Å². The predicted octanol–water partition coefficient (Wildman–Crippen LogP) is 4.72. The van der Waals surface area contributed by atoms with Crippen molar-refractivity contribution >= 4 is 34.3 Å². The van der Waals surface area contributed by atoms with Crippen LogP contribution in [0.3, 0.4) is 0 Å². The third-order valence-corrected chi connectivity index (χ3v) is 5.37. The monoisotopic (exact) mass is 499 g/mol. The Hall–Kier alpha value is -4.27. The maximum atomic E-state index is 12.5. The maximum absolute atomic E-state index is 12.5. The summed E-state index contributed by atoms with van der Waals surface area (Å²) in [5.74, 6) is 0.189. The van der Waals surface area contributed by atoms with Crippen LogP contribution in [0.15, 0.2) is 97.5 Å². The fourth-order valence-electron chi connectivity index (χ4n) is 3.77. The van der Waals surface area contributed by atoms with Gasteiger partial charge in [-0.05, 0) is 42.5 Å². The summed E-state index contributed by atoms with van der Waals surface area (Å²) in [4.78, 5) is 33.3. The van der Waals surface area contributed by atoms with Gasteiger partial charge in [0.2, 0.25) is 17.7 Å². The molecule has 1 heterocycles. The lowest BCUT2D eigenvalue weighted by Crippen LogP contribution is -2.33. The highest BCUT2D eigenvalue weighted by Crippen LogP contribution is 2.27. The summed E-state index contributed by atoms with van der Waals surface area (Å²) in [5.41, 5.74) is 3.31. The Morgan fingerprint density at radius 1 is 0.757 bits per heavy atom. The minimum Gasteiger partial charge on any atom is -0.436 e. The van der Waals surface area contributed by atoms with Gasteiger partial charge < -0.3 is 15.1 Å². The van der Waals surface area contributed by atoms with Crippen LogP contribution >= 0.6 is 0 Å². The molecule has 0 saturated carbocycles. The normalized spacial score (nSPS) is 10.9. The molecule has 0 aliphatic carbocycles. The predicted molar refractivity (Wildman–Crippen MR) is 150 cm³/mol. The number of rotatable bonds is 15. The van der Waals surface area contributed by atoms with Gasteiger partial charge in [-0.2, -0.15) is 0 Å². The van der Waals surface area contributed by atoms with Crippen molar-refractivity contribution in [3.63, 3.8) is 0 Å². The molecule has 0 spiro atoms. The van der Waals surface area contributed by atoms with Gasteiger partial charge in [0.05, 0.1) is 13.1 Å². The van der Waals surface area contributed by atoms with E-state index in [1.54, 1.807) is 54.6 Å². The maximum Gasteiger partial charge on any atom is 0.238 e. The van der Waals surface area contributed by atoms with Gasteiger partial charge in [-0.15, -0.1) is 26.3 Å². The second-order valence-electron chi connectivity index (χ2n) is 8.42. The first-order valence-corrected chi connectivity index (χ1v) is 11.9. The van der Waals surface area contributed by atoms with Crippen molar-refractivity contribution in [2.75, 3.05) is 49.9 Å². The summed E-state index contributed by atoms with van der Waals surface area (Å²) in [6.07, 6.45) is 7.01. The van der Waals surface area contributed by atoms with Crippen molar-refractivity contribution in [1.82, 2.24) is 14.8 Å². The number of oxazole rings is 1. The number of aromatic nitrogens is 1. The molecule has 2 amide bonds. The molecule has 0 aliphatic rings. The molecular weight excluding hydrogens is 466 g/mol. The molecule has 192 valence electrons. The van der Waals surface area contributed by atoms with Gasteiger partial charge in [-0.1, -0.05) is 24.3 Å². The van der Waals surface area contributed by atoms with Crippen molar-refractivity contribution in [2.24, 2.45) is 0 Å². The Balaban J connectivity index is 1.64. The number of nitrogens with one attached hydrogen (secondary N) is 2. The fourth-order valence-corrected chi connectivity index (χ4v) is 3.77. The second-order valence-corrected chi connectivity index (χ2v) is 8.42. The Morgan fingerprint density at radius 2 is 1.24 bits per heavy atom. The number of hydrogen-bond donors (Lipinski definition) is 2. The number of nitrogens with zero attached hydrogens (tertiary/aromatic N) is 3. The van der Waals surface area contributed by atoms with E-state index in [4.69, 9.17) is 4.42 Å². The summed E-state index contributed by atoms with van der Waals surface area (Å²) in [6.45, 7) is 17.7. The van der Waals surface area contributed by atoms with Gasteiger partial charge in [-0.3, -0.25) is 19.4 Å². The lowest BCUT2D eigenvalue weighted by atomic mass is 10.2. The number of anilines is 2. The van der Waals surface area contributed by atoms with Crippen molar-refractivity contribution in [2.45, 2.75) is 0 Å². The Kier molecular flexibility index (Phi) is 10.1. The van der Waals surface area contributed by atoms with Gasteiger partial charge in [-0.25, -0.2) is 4.98 Å². The molecule has 8 nitrogen and oxygen atoms in total. The molecule has 2 aromatic carbocycles. The number of carbonyl (C=O) groups excluding carboxylic acids is 2. The molecule has 8 heteroatoms. The highest BCUT2D eigenvalue weighted by Gasteiger charge is 2.13. The zero-order valence-electron chi connectivity index (χ0n) is 21.0. The van der Waals surface area contributed by atoms with Gasteiger partial charge >= 0.3 is 0 Å². The first-order chi connectivity index (χ1) is 17.9. The number of carbonyl (C=O) groups is 2. The van der Waals surface area contributed by atoms with Crippen LogP contribution in [0, 0.1) is 0 Å². The molecule has 1 aromatic heterocycles. The molecular formula is C29H33N5O3. The topological polar surface area (TPSA) is 90.7 Å². The lowest BCUT2D eigenvalue weighted by Gasteiger charge is -2.18. The minimum atomic E-state index is -0.137. The molecule has 37 heavy (non-hydrogen) atoms. The minimum absolute atomic E-state index is 0.120. The van der Waals surface area contributed by atoms with E-state index in [1.165, 1.54) is 0 Å². The van der Waals surface area contributed by atoms with Gasteiger partial charge in [0.25, 0.3) is 0 Å². The molecule has 0 fully saturated rings.